The van der Waals surface area contributed by atoms with Crippen molar-refractivity contribution in [2.24, 2.45) is 0 Å². The largest absolute Gasteiger partial charge is 0.398 e. The summed E-state index contributed by atoms with van der Waals surface area (Å²) in [5.74, 6) is -0.399. The molecule has 0 saturated carbocycles. The monoisotopic (exact) mass is 347 g/mol. The Kier molecular flexibility index (Phi) is 3.47. The number of hydrogen-bond donors (Lipinski definition) is 1. The number of aromatic nitrogens is 2. The highest BCUT2D eigenvalue weighted by Gasteiger charge is 2.07. The number of benzene rings is 2. The van der Waals surface area contributed by atoms with E-state index in [1.165, 1.54) is 23.0 Å². The van der Waals surface area contributed by atoms with Gasteiger partial charge in [0, 0.05) is 10.2 Å². The third kappa shape index (κ3) is 2.67. The summed E-state index contributed by atoms with van der Waals surface area (Å²) in [6.07, 6.45) is 1.47. The van der Waals surface area contributed by atoms with Crippen molar-refractivity contribution < 1.29 is 4.39 Å². The maximum Gasteiger partial charge on any atom is 0.261 e. The van der Waals surface area contributed by atoms with Gasteiger partial charge in [0.25, 0.3) is 5.56 Å². The van der Waals surface area contributed by atoms with E-state index in [1.54, 1.807) is 18.2 Å². The Morgan fingerprint density at radius 3 is 2.81 bits per heavy atom. The van der Waals surface area contributed by atoms with Gasteiger partial charge in [-0.3, -0.25) is 9.36 Å². The van der Waals surface area contributed by atoms with Crippen LogP contribution in [0.4, 0.5) is 10.1 Å². The second kappa shape index (κ2) is 5.29. The first-order valence-electron chi connectivity index (χ1n) is 6.23. The molecule has 0 radical (unpaired) electrons. The summed E-state index contributed by atoms with van der Waals surface area (Å²) in [7, 11) is 0. The van der Waals surface area contributed by atoms with Gasteiger partial charge >= 0.3 is 0 Å². The standard InChI is InChI=1S/C15H11BrFN3O/c16-10-2-4-14-12(5-10)15(21)20(8-19-14)7-9-1-3-11(17)6-13(9)18/h1-6,8H,7,18H2. The fourth-order valence-corrected chi connectivity index (χ4v) is 2.50. The fourth-order valence-electron chi connectivity index (χ4n) is 2.14. The van der Waals surface area contributed by atoms with Crippen LogP contribution in [0.2, 0.25) is 0 Å². The van der Waals surface area contributed by atoms with Gasteiger partial charge in [0.1, 0.15) is 5.82 Å². The van der Waals surface area contributed by atoms with Gasteiger partial charge in [-0.1, -0.05) is 22.0 Å². The molecular formula is C15H11BrFN3O. The van der Waals surface area contributed by atoms with E-state index < -0.39 is 5.82 Å². The lowest BCUT2D eigenvalue weighted by Crippen LogP contribution is -2.21. The number of fused-ring (bicyclic) bond motifs is 1. The first-order valence-corrected chi connectivity index (χ1v) is 7.02. The number of nitrogens with zero attached hydrogens (tertiary/aromatic N) is 2. The molecule has 0 fully saturated rings. The van der Waals surface area contributed by atoms with Gasteiger partial charge in [0.2, 0.25) is 0 Å². The minimum absolute atomic E-state index is 0.162. The average Bonchev–Trinajstić information content (AvgIpc) is 2.45. The molecular weight excluding hydrogens is 337 g/mol. The van der Waals surface area contributed by atoms with Crippen LogP contribution in [0.25, 0.3) is 10.9 Å². The van der Waals surface area contributed by atoms with Gasteiger partial charge < -0.3 is 5.73 Å². The van der Waals surface area contributed by atoms with Crippen LogP contribution in [0.5, 0.6) is 0 Å². The van der Waals surface area contributed by atoms with Crippen LogP contribution in [0.15, 0.2) is 52.0 Å². The third-order valence-corrected chi connectivity index (χ3v) is 3.73. The fraction of sp³-hybridized carbons (Fsp3) is 0.0667. The number of halogens is 2. The number of nitrogen functional groups attached to an aromatic ring is 1. The van der Waals surface area contributed by atoms with E-state index in [1.807, 2.05) is 6.07 Å². The molecule has 0 spiro atoms. The maximum absolute atomic E-state index is 13.1. The Balaban J connectivity index is 2.09. The van der Waals surface area contributed by atoms with Crippen LogP contribution in [-0.4, -0.2) is 9.55 Å². The van der Waals surface area contributed by atoms with Gasteiger partial charge in [-0.05, 0) is 35.9 Å². The van der Waals surface area contributed by atoms with E-state index >= 15 is 0 Å². The molecule has 0 saturated heterocycles. The number of rotatable bonds is 2. The van der Waals surface area contributed by atoms with Gasteiger partial charge in [0.15, 0.2) is 0 Å². The Morgan fingerprint density at radius 2 is 2.05 bits per heavy atom. The SMILES string of the molecule is Nc1cc(F)ccc1Cn1cnc2ccc(Br)cc2c1=O. The van der Waals surface area contributed by atoms with Crippen LogP contribution in [0.1, 0.15) is 5.56 Å². The van der Waals surface area contributed by atoms with Crippen molar-refractivity contribution in [3.8, 4) is 0 Å². The van der Waals surface area contributed by atoms with E-state index in [4.69, 9.17) is 5.73 Å². The number of nitrogens with two attached hydrogens (primary N) is 1. The Bertz CT molecular complexity index is 892. The highest BCUT2D eigenvalue weighted by atomic mass is 79.9. The smallest absolute Gasteiger partial charge is 0.261 e. The minimum Gasteiger partial charge on any atom is -0.398 e. The van der Waals surface area contributed by atoms with Crippen LogP contribution < -0.4 is 11.3 Å². The van der Waals surface area contributed by atoms with Gasteiger partial charge in [-0.2, -0.15) is 0 Å². The lowest BCUT2D eigenvalue weighted by atomic mass is 10.1. The summed E-state index contributed by atoms with van der Waals surface area (Å²) in [4.78, 5) is 16.7. The summed E-state index contributed by atoms with van der Waals surface area (Å²) in [6.45, 7) is 0.250. The lowest BCUT2D eigenvalue weighted by molar-refractivity contribution is 0.627. The molecule has 6 heteroatoms. The molecule has 1 aromatic heterocycles. The minimum atomic E-state index is -0.399. The van der Waals surface area contributed by atoms with E-state index in [2.05, 4.69) is 20.9 Å². The molecule has 0 aliphatic rings. The van der Waals surface area contributed by atoms with E-state index in [-0.39, 0.29) is 12.1 Å². The van der Waals surface area contributed by atoms with E-state index in [0.717, 1.165) is 4.47 Å². The molecule has 0 bridgehead atoms. The molecule has 0 atom stereocenters. The van der Waals surface area contributed by atoms with Crippen molar-refractivity contribution in [1.29, 1.82) is 0 Å². The molecule has 3 aromatic rings. The van der Waals surface area contributed by atoms with Crippen LogP contribution in [0, 0.1) is 5.82 Å². The van der Waals surface area contributed by atoms with Crippen molar-refractivity contribution in [3.05, 3.63) is 68.9 Å². The Hall–Kier alpha value is -2.21. The predicted octanol–water partition coefficient (Wildman–Crippen LogP) is 2.93. The Morgan fingerprint density at radius 1 is 1.24 bits per heavy atom. The topological polar surface area (TPSA) is 60.9 Å². The van der Waals surface area contributed by atoms with Crippen molar-refractivity contribution >= 4 is 32.5 Å². The molecule has 21 heavy (non-hydrogen) atoms. The van der Waals surface area contributed by atoms with Crippen molar-refractivity contribution in [3.63, 3.8) is 0 Å². The zero-order valence-corrected chi connectivity index (χ0v) is 12.5. The molecule has 3 rings (SSSR count). The second-order valence-electron chi connectivity index (χ2n) is 4.68. The summed E-state index contributed by atoms with van der Waals surface area (Å²) < 4.78 is 15.3. The van der Waals surface area contributed by atoms with Gasteiger partial charge in [-0.15, -0.1) is 0 Å². The molecule has 1 heterocycles. The molecule has 2 N–H and O–H groups in total. The summed E-state index contributed by atoms with van der Waals surface area (Å²) in [5, 5.41) is 0.521. The van der Waals surface area contributed by atoms with E-state index in [0.29, 0.717) is 22.2 Å². The average molecular weight is 348 g/mol. The first-order chi connectivity index (χ1) is 10.0. The van der Waals surface area contributed by atoms with Crippen molar-refractivity contribution in [1.82, 2.24) is 9.55 Å². The molecule has 2 aromatic carbocycles. The van der Waals surface area contributed by atoms with Crippen LogP contribution in [-0.2, 0) is 6.54 Å². The number of anilines is 1. The van der Waals surface area contributed by atoms with Crippen molar-refractivity contribution in [2.75, 3.05) is 5.73 Å². The van der Waals surface area contributed by atoms with Gasteiger partial charge in [-0.25, -0.2) is 9.37 Å². The zero-order valence-electron chi connectivity index (χ0n) is 10.9. The number of hydrogen-bond acceptors (Lipinski definition) is 3. The van der Waals surface area contributed by atoms with E-state index in [9.17, 15) is 9.18 Å². The maximum atomic E-state index is 13.1. The third-order valence-electron chi connectivity index (χ3n) is 3.23. The predicted molar refractivity (Wildman–Crippen MR) is 83.6 cm³/mol. The van der Waals surface area contributed by atoms with Crippen molar-refractivity contribution in [2.45, 2.75) is 6.54 Å². The summed E-state index contributed by atoms with van der Waals surface area (Å²) in [5.41, 5.74) is 7.23. The lowest BCUT2D eigenvalue weighted by Gasteiger charge is -2.09. The first kappa shape index (κ1) is 13.8. The molecule has 0 aliphatic carbocycles. The normalized spacial score (nSPS) is 11.0. The van der Waals surface area contributed by atoms with Gasteiger partial charge in [0.05, 0.1) is 23.8 Å². The molecule has 0 amide bonds. The molecule has 106 valence electrons. The summed E-state index contributed by atoms with van der Waals surface area (Å²) in [6, 6.07) is 9.47. The highest BCUT2D eigenvalue weighted by molar-refractivity contribution is 9.10. The highest BCUT2D eigenvalue weighted by Crippen LogP contribution is 2.17. The molecule has 0 aliphatic heterocycles. The molecule has 0 unspecified atom stereocenters. The quantitative estimate of drug-likeness (QED) is 0.725. The second-order valence-corrected chi connectivity index (χ2v) is 5.60. The van der Waals surface area contributed by atoms with Crippen LogP contribution >= 0.6 is 15.9 Å². The van der Waals surface area contributed by atoms with Crippen LogP contribution in [0.3, 0.4) is 0 Å². The Labute approximate surface area is 128 Å². The molecule has 4 nitrogen and oxygen atoms in total. The zero-order chi connectivity index (χ0) is 15.0. The summed E-state index contributed by atoms with van der Waals surface area (Å²) >= 11 is 3.34.